The number of benzene rings is 2. The molecular weight excluding hydrogens is 432 g/mol. The summed E-state index contributed by atoms with van der Waals surface area (Å²) in [6, 6.07) is 18.6. The van der Waals surface area contributed by atoms with E-state index in [0.29, 0.717) is 10.8 Å². The summed E-state index contributed by atoms with van der Waals surface area (Å²) in [4.78, 5) is 17.2. The largest absolute Gasteiger partial charge is 0.451 e. The summed E-state index contributed by atoms with van der Waals surface area (Å²) in [6.45, 7) is 3.89. The van der Waals surface area contributed by atoms with Crippen LogP contribution in [0.5, 0.6) is 0 Å². The van der Waals surface area contributed by atoms with Crippen LogP contribution in [0.2, 0.25) is 5.02 Å². The SMILES string of the molecule is CN1CCN(c2ccccc2NC(=S)NC(=O)c2ccc(-c3ccc(Cl)cc3)o2)CC1. The van der Waals surface area contributed by atoms with Crippen molar-refractivity contribution in [2.45, 2.75) is 0 Å². The van der Waals surface area contributed by atoms with Crippen molar-refractivity contribution in [3.05, 3.63) is 71.4 Å². The molecule has 1 amide bonds. The lowest BCUT2D eigenvalue weighted by atomic mass is 10.2. The molecule has 0 unspecified atom stereocenters. The van der Waals surface area contributed by atoms with Crippen molar-refractivity contribution in [3.63, 3.8) is 0 Å². The van der Waals surface area contributed by atoms with Crippen LogP contribution in [-0.2, 0) is 0 Å². The number of carbonyl (C=O) groups excluding carboxylic acids is 1. The highest BCUT2D eigenvalue weighted by Gasteiger charge is 2.18. The maximum atomic E-state index is 12.6. The standard InChI is InChI=1S/C23H23ClN4O2S/c1-27-12-14-28(15-13-27)19-5-3-2-4-18(19)25-23(31)26-22(29)21-11-10-20(30-21)16-6-8-17(24)9-7-16/h2-11H,12-15H2,1H3,(H2,25,26,29,31). The van der Waals surface area contributed by atoms with Crippen LogP contribution in [0.25, 0.3) is 11.3 Å². The van der Waals surface area contributed by atoms with E-state index in [0.717, 1.165) is 43.1 Å². The Hall–Kier alpha value is -2.87. The highest BCUT2D eigenvalue weighted by atomic mass is 35.5. The van der Waals surface area contributed by atoms with Gasteiger partial charge < -0.3 is 19.5 Å². The zero-order valence-electron chi connectivity index (χ0n) is 17.1. The molecule has 1 aliphatic rings. The van der Waals surface area contributed by atoms with Crippen LogP contribution in [-0.4, -0.2) is 49.1 Å². The Morgan fingerprint density at radius 1 is 1.00 bits per heavy atom. The number of halogens is 1. The molecule has 0 aliphatic carbocycles. The van der Waals surface area contributed by atoms with Crippen molar-refractivity contribution in [1.29, 1.82) is 0 Å². The van der Waals surface area contributed by atoms with Gasteiger partial charge in [-0.1, -0.05) is 23.7 Å². The van der Waals surface area contributed by atoms with Crippen LogP contribution >= 0.6 is 23.8 Å². The highest BCUT2D eigenvalue weighted by molar-refractivity contribution is 7.80. The van der Waals surface area contributed by atoms with Crippen LogP contribution in [0, 0.1) is 0 Å². The minimum atomic E-state index is -0.408. The van der Waals surface area contributed by atoms with Crippen LogP contribution < -0.4 is 15.5 Å². The number of carbonyl (C=O) groups is 1. The molecule has 0 atom stereocenters. The number of hydrogen-bond acceptors (Lipinski definition) is 5. The van der Waals surface area contributed by atoms with Gasteiger partial charge in [-0.3, -0.25) is 10.1 Å². The third-order valence-electron chi connectivity index (χ3n) is 5.18. The summed E-state index contributed by atoms with van der Waals surface area (Å²) >= 11 is 11.3. The number of furan rings is 1. The Bertz CT molecular complexity index is 1080. The first-order valence-electron chi connectivity index (χ1n) is 10.0. The molecule has 1 aromatic heterocycles. The Morgan fingerprint density at radius 2 is 1.71 bits per heavy atom. The second-order valence-corrected chi connectivity index (χ2v) is 8.23. The minimum absolute atomic E-state index is 0.182. The summed E-state index contributed by atoms with van der Waals surface area (Å²) in [5, 5.41) is 6.71. The van der Waals surface area contributed by atoms with Crippen LogP contribution in [0.15, 0.2) is 65.1 Å². The first-order chi connectivity index (χ1) is 15.0. The zero-order valence-corrected chi connectivity index (χ0v) is 18.7. The van der Waals surface area contributed by atoms with E-state index in [2.05, 4.69) is 33.5 Å². The molecule has 0 bridgehead atoms. The van der Waals surface area contributed by atoms with Crippen LogP contribution in [0.3, 0.4) is 0 Å². The Kier molecular flexibility index (Phi) is 6.56. The first-order valence-corrected chi connectivity index (χ1v) is 10.8. The molecule has 31 heavy (non-hydrogen) atoms. The summed E-state index contributed by atoms with van der Waals surface area (Å²) in [5.41, 5.74) is 2.76. The van der Waals surface area contributed by atoms with Gasteiger partial charge in [0.15, 0.2) is 10.9 Å². The lowest BCUT2D eigenvalue weighted by molar-refractivity contribution is 0.0951. The number of anilines is 2. The van der Waals surface area contributed by atoms with Gasteiger partial charge in [-0.05, 0) is 67.8 Å². The normalized spacial score (nSPS) is 14.3. The predicted octanol–water partition coefficient (Wildman–Crippen LogP) is 4.48. The quantitative estimate of drug-likeness (QED) is 0.567. The van der Waals surface area contributed by atoms with E-state index >= 15 is 0 Å². The van der Waals surface area contributed by atoms with Gasteiger partial charge in [-0.25, -0.2) is 0 Å². The summed E-state index contributed by atoms with van der Waals surface area (Å²) < 4.78 is 5.70. The molecule has 8 heteroatoms. The average Bonchev–Trinajstić information content (AvgIpc) is 3.26. The van der Waals surface area contributed by atoms with Crippen molar-refractivity contribution < 1.29 is 9.21 Å². The number of nitrogens with one attached hydrogen (secondary N) is 2. The predicted molar refractivity (Wildman–Crippen MR) is 129 cm³/mol. The van der Waals surface area contributed by atoms with E-state index in [9.17, 15) is 4.79 Å². The van der Waals surface area contributed by atoms with Gasteiger partial charge in [0.2, 0.25) is 0 Å². The number of rotatable bonds is 4. The van der Waals surface area contributed by atoms with Crippen molar-refractivity contribution >= 4 is 46.2 Å². The van der Waals surface area contributed by atoms with Gasteiger partial charge in [0, 0.05) is 36.8 Å². The molecule has 0 radical (unpaired) electrons. The number of likely N-dealkylation sites (N-methyl/N-ethyl adjacent to an activating group) is 1. The van der Waals surface area contributed by atoms with E-state index in [-0.39, 0.29) is 10.9 Å². The van der Waals surface area contributed by atoms with E-state index in [1.807, 2.05) is 30.3 Å². The zero-order chi connectivity index (χ0) is 21.8. The number of thiocarbonyl (C=S) groups is 1. The van der Waals surface area contributed by atoms with E-state index in [4.69, 9.17) is 28.2 Å². The van der Waals surface area contributed by atoms with Gasteiger partial charge in [0.25, 0.3) is 5.91 Å². The molecule has 160 valence electrons. The number of nitrogens with zero attached hydrogens (tertiary/aromatic N) is 2. The second kappa shape index (κ2) is 9.51. The first kappa shape index (κ1) is 21.4. The number of hydrogen-bond donors (Lipinski definition) is 2. The molecule has 3 aromatic rings. The summed E-state index contributed by atoms with van der Waals surface area (Å²) in [5.74, 6) is 0.359. The Labute approximate surface area is 191 Å². The van der Waals surface area contributed by atoms with Gasteiger partial charge in [-0.2, -0.15) is 0 Å². The maximum Gasteiger partial charge on any atom is 0.293 e. The third-order valence-corrected chi connectivity index (χ3v) is 5.64. The second-order valence-electron chi connectivity index (χ2n) is 7.39. The summed E-state index contributed by atoms with van der Waals surface area (Å²) in [6.07, 6.45) is 0. The number of amides is 1. The van der Waals surface area contributed by atoms with Gasteiger partial charge in [0.05, 0.1) is 11.4 Å². The average molecular weight is 455 g/mol. The molecule has 2 N–H and O–H groups in total. The Balaban J connectivity index is 1.40. The van der Waals surface area contributed by atoms with Gasteiger partial charge >= 0.3 is 0 Å². The topological polar surface area (TPSA) is 60.8 Å². The molecule has 0 saturated carbocycles. The highest BCUT2D eigenvalue weighted by Crippen LogP contribution is 2.27. The molecule has 0 spiro atoms. The van der Waals surface area contributed by atoms with Crippen molar-refractivity contribution in [1.82, 2.24) is 10.2 Å². The fourth-order valence-electron chi connectivity index (χ4n) is 3.45. The lowest BCUT2D eigenvalue weighted by Gasteiger charge is -2.35. The van der Waals surface area contributed by atoms with Gasteiger partial charge in [-0.15, -0.1) is 0 Å². The molecule has 1 saturated heterocycles. The third kappa shape index (κ3) is 5.25. The van der Waals surface area contributed by atoms with E-state index < -0.39 is 5.91 Å². The molecule has 2 heterocycles. The number of piperazine rings is 1. The molecule has 1 fully saturated rings. The van der Waals surface area contributed by atoms with Crippen molar-refractivity contribution in [2.24, 2.45) is 0 Å². The molecular formula is C23H23ClN4O2S. The molecule has 6 nitrogen and oxygen atoms in total. The van der Waals surface area contributed by atoms with Crippen molar-refractivity contribution in [3.8, 4) is 11.3 Å². The number of para-hydroxylation sites is 2. The van der Waals surface area contributed by atoms with E-state index in [1.165, 1.54) is 0 Å². The van der Waals surface area contributed by atoms with Crippen LogP contribution in [0.1, 0.15) is 10.6 Å². The fraction of sp³-hybridized carbons (Fsp3) is 0.217. The minimum Gasteiger partial charge on any atom is -0.451 e. The monoisotopic (exact) mass is 454 g/mol. The molecule has 4 rings (SSSR count). The van der Waals surface area contributed by atoms with Crippen LogP contribution in [0.4, 0.5) is 11.4 Å². The molecule has 1 aliphatic heterocycles. The van der Waals surface area contributed by atoms with Crippen molar-refractivity contribution in [2.75, 3.05) is 43.4 Å². The summed E-state index contributed by atoms with van der Waals surface area (Å²) in [7, 11) is 2.12. The molecule has 2 aromatic carbocycles. The van der Waals surface area contributed by atoms with E-state index in [1.54, 1.807) is 24.3 Å². The van der Waals surface area contributed by atoms with Gasteiger partial charge in [0.1, 0.15) is 5.76 Å². The Morgan fingerprint density at radius 3 is 2.45 bits per heavy atom. The lowest BCUT2D eigenvalue weighted by Crippen LogP contribution is -2.45. The maximum absolute atomic E-state index is 12.6. The fourth-order valence-corrected chi connectivity index (χ4v) is 3.78. The smallest absolute Gasteiger partial charge is 0.293 e.